The number of fused-ring (bicyclic) bond motifs is 5. The highest BCUT2D eigenvalue weighted by atomic mass is 32.2. The number of anilines is 3. The number of sulfone groups is 1. The summed E-state index contributed by atoms with van der Waals surface area (Å²) >= 11 is 0. The van der Waals surface area contributed by atoms with Gasteiger partial charge in [-0.05, 0) is 84.5 Å². The van der Waals surface area contributed by atoms with Crippen LogP contribution >= 0.6 is 0 Å². The van der Waals surface area contributed by atoms with Gasteiger partial charge in [-0.15, -0.1) is 0 Å². The largest absolute Gasteiger partial charge is 0.493 e. The van der Waals surface area contributed by atoms with Gasteiger partial charge in [-0.25, -0.2) is 22.2 Å². The highest BCUT2D eigenvalue weighted by Gasteiger charge is 2.38. The fraction of sp³-hybridized carbons (Fsp3) is 0.281. The van der Waals surface area contributed by atoms with Gasteiger partial charge in [0.05, 0.1) is 23.5 Å². The Morgan fingerprint density at radius 3 is 2.51 bits per heavy atom. The van der Waals surface area contributed by atoms with Crippen LogP contribution in [0.4, 0.5) is 26.0 Å². The fourth-order valence-corrected chi connectivity index (χ4v) is 7.53. The maximum absolute atomic E-state index is 15.5. The molecule has 6 rings (SSSR count). The number of methoxy groups -OCH3 is 1. The van der Waals surface area contributed by atoms with E-state index in [1.165, 1.54) is 43.3 Å². The molecule has 13 heteroatoms. The summed E-state index contributed by atoms with van der Waals surface area (Å²) in [6, 6.07) is 10.8. The second kappa shape index (κ2) is 11.6. The Hall–Kier alpha value is -4.78. The van der Waals surface area contributed by atoms with Crippen molar-refractivity contribution in [1.29, 1.82) is 0 Å². The van der Waals surface area contributed by atoms with E-state index in [2.05, 4.69) is 15.6 Å². The van der Waals surface area contributed by atoms with Crippen molar-refractivity contribution in [2.75, 3.05) is 30.5 Å². The smallest absolute Gasteiger partial charge is 0.249 e. The van der Waals surface area contributed by atoms with Crippen LogP contribution in [0.25, 0.3) is 10.8 Å². The highest BCUT2D eigenvalue weighted by molar-refractivity contribution is 7.92. The molecule has 1 atom stereocenters. The zero-order valence-electron chi connectivity index (χ0n) is 24.6. The molecule has 45 heavy (non-hydrogen) atoms. The molecule has 1 aromatic heterocycles. The molecule has 4 N–H and O–H groups in total. The number of aryl methyl sites for hydroxylation is 1. The Balaban J connectivity index is 1.47. The van der Waals surface area contributed by atoms with Gasteiger partial charge >= 0.3 is 0 Å². The molecule has 1 aliphatic carbocycles. The molecule has 0 unspecified atom stereocenters. The van der Waals surface area contributed by atoms with Gasteiger partial charge in [0.25, 0.3) is 0 Å². The standard InChI is InChI=1S/C32H31F2N5O5S/c1-39-16-19-12-20(5-9-27(19)45(42,43)22-6-7-22)37-28(40)10-3-17-11-18(13-25(33)30(17)44-2)29(32(39)41)38-21-4-8-23-24(14-21)26(34)15-36-31(23)35/h4-5,8-9,11-15,22,29,38H,3,6-7,10,16H2,1-2H3,(H2,35,36)(H,37,40)/t29-/m1/s1. The van der Waals surface area contributed by atoms with Gasteiger partial charge in [0.15, 0.2) is 21.4 Å². The number of nitrogens with zero attached hydrogens (tertiary/aromatic N) is 2. The highest BCUT2D eigenvalue weighted by Crippen LogP contribution is 2.37. The summed E-state index contributed by atoms with van der Waals surface area (Å²) in [4.78, 5) is 32.4. The molecule has 1 aliphatic heterocycles. The first-order valence-electron chi connectivity index (χ1n) is 14.3. The summed E-state index contributed by atoms with van der Waals surface area (Å²) < 4.78 is 62.1. The second-order valence-electron chi connectivity index (χ2n) is 11.3. The number of nitrogens with one attached hydrogen (secondary N) is 2. The van der Waals surface area contributed by atoms with Gasteiger partial charge in [0, 0.05) is 42.2 Å². The predicted molar refractivity (Wildman–Crippen MR) is 166 cm³/mol. The minimum absolute atomic E-state index is 0.0396. The summed E-state index contributed by atoms with van der Waals surface area (Å²) in [5.41, 5.74) is 7.58. The molecule has 0 spiro atoms. The number of rotatable bonds is 5. The van der Waals surface area contributed by atoms with E-state index in [0.717, 1.165) is 6.20 Å². The second-order valence-corrected chi connectivity index (χ2v) is 13.5. The maximum atomic E-state index is 15.5. The van der Waals surface area contributed by atoms with Crippen LogP contribution in [0.15, 0.2) is 59.6 Å². The Kier molecular flexibility index (Phi) is 7.81. The van der Waals surface area contributed by atoms with Crippen LogP contribution in [0.3, 0.4) is 0 Å². The number of amides is 2. The molecular formula is C32H31F2N5O5S. The lowest BCUT2D eigenvalue weighted by Crippen LogP contribution is -2.35. The molecule has 3 aromatic carbocycles. The van der Waals surface area contributed by atoms with Crippen molar-refractivity contribution in [1.82, 2.24) is 9.88 Å². The van der Waals surface area contributed by atoms with E-state index in [9.17, 15) is 22.4 Å². The SMILES string of the molecule is COc1c(F)cc2cc1CCC(=O)Nc1ccc(S(=O)(=O)C3CC3)c(c1)CN(C)C(=O)[C@@H]2Nc1ccc2c(N)ncc(F)c2c1. The lowest BCUT2D eigenvalue weighted by atomic mass is 9.98. The first kappa shape index (κ1) is 30.3. The monoisotopic (exact) mass is 635 g/mol. The van der Waals surface area contributed by atoms with E-state index in [1.54, 1.807) is 24.3 Å². The van der Waals surface area contributed by atoms with E-state index >= 15 is 4.39 Å². The topological polar surface area (TPSA) is 144 Å². The van der Waals surface area contributed by atoms with Gasteiger partial charge in [-0.1, -0.05) is 0 Å². The molecule has 234 valence electrons. The van der Waals surface area contributed by atoms with Crippen molar-refractivity contribution < 1.29 is 31.5 Å². The number of nitrogen functional groups attached to an aromatic ring is 1. The minimum atomic E-state index is -3.65. The molecule has 1 saturated carbocycles. The number of benzene rings is 3. The number of hydrogen-bond donors (Lipinski definition) is 3. The Morgan fingerprint density at radius 2 is 1.78 bits per heavy atom. The Bertz CT molecular complexity index is 1970. The van der Waals surface area contributed by atoms with Crippen LogP contribution in [0, 0.1) is 11.6 Å². The van der Waals surface area contributed by atoms with Crippen molar-refractivity contribution in [3.8, 4) is 5.75 Å². The average molecular weight is 636 g/mol. The third-order valence-corrected chi connectivity index (χ3v) is 10.5. The molecule has 4 bridgehead atoms. The van der Waals surface area contributed by atoms with Crippen LogP contribution in [0.1, 0.15) is 42.0 Å². The number of likely N-dealkylation sites (N-methyl/N-ethyl adjacent to an activating group) is 1. The van der Waals surface area contributed by atoms with Gasteiger partial charge in [-0.3, -0.25) is 9.59 Å². The number of aromatic nitrogens is 1. The lowest BCUT2D eigenvalue weighted by Gasteiger charge is -2.28. The number of carbonyl (C=O) groups excluding carboxylic acids is 2. The number of halogens is 2. The summed E-state index contributed by atoms with van der Waals surface area (Å²) in [5, 5.41) is 5.97. The van der Waals surface area contributed by atoms with Crippen LogP contribution < -0.4 is 21.1 Å². The summed E-state index contributed by atoms with van der Waals surface area (Å²) in [6.45, 7) is -0.123. The van der Waals surface area contributed by atoms with Crippen molar-refractivity contribution in [2.24, 2.45) is 0 Å². The zero-order valence-corrected chi connectivity index (χ0v) is 25.4. The van der Waals surface area contributed by atoms with E-state index < -0.39 is 38.7 Å². The summed E-state index contributed by atoms with van der Waals surface area (Å²) in [6.07, 6.45) is 2.17. The molecule has 2 amide bonds. The van der Waals surface area contributed by atoms with Gasteiger partial charge in [0.1, 0.15) is 17.7 Å². The van der Waals surface area contributed by atoms with Crippen molar-refractivity contribution in [2.45, 2.75) is 48.4 Å². The molecule has 0 radical (unpaired) electrons. The predicted octanol–water partition coefficient (Wildman–Crippen LogP) is 4.74. The van der Waals surface area contributed by atoms with Crippen molar-refractivity contribution in [3.63, 3.8) is 0 Å². The third kappa shape index (κ3) is 5.87. The average Bonchev–Trinajstić information content (AvgIpc) is 3.86. The minimum Gasteiger partial charge on any atom is -0.493 e. The molecule has 1 fully saturated rings. The number of carbonyl (C=O) groups is 2. The van der Waals surface area contributed by atoms with Crippen molar-refractivity contribution >= 4 is 49.6 Å². The van der Waals surface area contributed by atoms with E-state index in [-0.39, 0.29) is 52.7 Å². The molecular weight excluding hydrogens is 604 g/mol. The number of hydrogen-bond acceptors (Lipinski definition) is 8. The first-order chi connectivity index (χ1) is 21.5. The summed E-state index contributed by atoms with van der Waals surface area (Å²) in [7, 11) is -0.826. The molecule has 10 nitrogen and oxygen atoms in total. The Morgan fingerprint density at radius 1 is 1.00 bits per heavy atom. The number of ether oxygens (including phenoxy) is 1. The number of pyridine rings is 1. The quantitative estimate of drug-likeness (QED) is 0.286. The lowest BCUT2D eigenvalue weighted by molar-refractivity contribution is -0.131. The zero-order chi connectivity index (χ0) is 32.0. The Labute approximate surface area is 258 Å². The van der Waals surface area contributed by atoms with Gasteiger partial charge in [0.2, 0.25) is 11.8 Å². The van der Waals surface area contributed by atoms with E-state index in [1.807, 2.05) is 0 Å². The van der Waals surface area contributed by atoms with Gasteiger partial charge < -0.3 is 26.0 Å². The van der Waals surface area contributed by atoms with Crippen molar-refractivity contribution in [3.05, 3.63) is 83.1 Å². The van der Waals surface area contributed by atoms with Crippen LogP contribution in [-0.2, 0) is 32.4 Å². The number of nitrogens with two attached hydrogens (primary N) is 1. The normalized spacial score (nSPS) is 17.5. The molecule has 4 aromatic rings. The molecule has 0 saturated heterocycles. The van der Waals surface area contributed by atoms with Crippen LogP contribution in [0.5, 0.6) is 5.75 Å². The van der Waals surface area contributed by atoms with E-state index in [0.29, 0.717) is 40.7 Å². The first-order valence-corrected chi connectivity index (χ1v) is 15.9. The molecule has 2 aliphatic rings. The maximum Gasteiger partial charge on any atom is 0.249 e. The van der Waals surface area contributed by atoms with E-state index in [4.69, 9.17) is 10.5 Å². The third-order valence-electron chi connectivity index (χ3n) is 8.13. The van der Waals surface area contributed by atoms with Crippen LogP contribution in [0.2, 0.25) is 0 Å². The molecule has 2 heterocycles. The van der Waals surface area contributed by atoms with Gasteiger partial charge in [-0.2, -0.15) is 0 Å². The summed E-state index contributed by atoms with van der Waals surface area (Å²) in [5.74, 6) is -2.14. The van der Waals surface area contributed by atoms with Crippen LogP contribution in [-0.4, -0.2) is 49.5 Å². The fourth-order valence-electron chi connectivity index (χ4n) is 5.67.